The number of carbonyl (C=O) groups excluding carboxylic acids is 1. The fourth-order valence-electron chi connectivity index (χ4n) is 4.34. The Morgan fingerprint density at radius 1 is 1.03 bits per heavy atom. The smallest absolute Gasteiger partial charge is 0.270 e. The fraction of sp³-hybridized carbons (Fsp3) is 0.296. The number of hydrogen-bond acceptors (Lipinski definition) is 8. The molecule has 0 saturated carbocycles. The molecule has 39 heavy (non-hydrogen) atoms. The second kappa shape index (κ2) is 12.0. The van der Waals surface area contributed by atoms with Crippen LogP contribution in [0.4, 0.5) is 11.4 Å². The molecule has 0 spiro atoms. The number of ether oxygens (including phenoxy) is 1. The summed E-state index contributed by atoms with van der Waals surface area (Å²) in [5.41, 5.74) is 2.70. The summed E-state index contributed by atoms with van der Waals surface area (Å²) < 4.78 is 33.0. The van der Waals surface area contributed by atoms with E-state index in [-0.39, 0.29) is 16.1 Å². The molecule has 3 aromatic carbocycles. The molecule has 12 heteroatoms. The normalized spacial score (nSPS) is 14.2. The van der Waals surface area contributed by atoms with Crippen molar-refractivity contribution in [3.05, 3.63) is 92.5 Å². The molecule has 1 amide bonds. The second-order valence-corrected chi connectivity index (χ2v) is 11.3. The van der Waals surface area contributed by atoms with Crippen molar-refractivity contribution in [3.63, 3.8) is 0 Å². The van der Waals surface area contributed by atoms with E-state index in [9.17, 15) is 23.3 Å². The minimum absolute atomic E-state index is 0.163. The van der Waals surface area contributed by atoms with E-state index in [1.165, 1.54) is 18.2 Å². The number of nitrogens with zero attached hydrogens (tertiary/aromatic N) is 3. The number of sulfonamides is 1. The first-order valence-electron chi connectivity index (χ1n) is 12.3. The Hall–Kier alpha value is -3.67. The van der Waals surface area contributed by atoms with Gasteiger partial charge in [0.1, 0.15) is 12.4 Å². The van der Waals surface area contributed by atoms with Crippen LogP contribution in [-0.2, 0) is 10.0 Å². The van der Waals surface area contributed by atoms with E-state index in [4.69, 9.17) is 16.3 Å². The number of rotatable bonds is 9. The lowest BCUT2D eigenvalue weighted by Gasteiger charge is -2.36. The monoisotopic (exact) mass is 572 g/mol. The zero-order valence-corrected chi connectivity index (χ0v) is 23.2. The molecule has 0 aromatic heterocycles. The molecule has 10 nitrogen and oxygen atoms in total. The summed E-state index contributed by atoms with van der Waals surface area (Å²) in [5.74, 6) is -0.000930. The van der Waals surface area contributed by atoms with Crippen LogP contribution in [0.2, 0.25) is 5.02 Å². The van der Waals surface area contributed by atoms with Gasteiger partial charge in [0.05, 0.1) is 9.82 Å². The average Bonchev–Trinajstić information content (AvgIpc) is 2.92. The van der Waals surface area contributed by atoms with Gasteiger partial charge in [-0.1, -0.05) is 17.7 Å². The minimum Gasteiger partial charge on any atom is -0.492 e. The number of anilines is 1. The minimum atomic E-state index is -4.27. The number of carbonyl (C=O) groups is 1. The molecule has 206 valence electrons. The SMILES string of the molecule is Cc1cc(OCCN2CCN(c3ccc(C(=O)NS(=O)(=O)c4cccc([N+](=O)[O-])c4)cc3)CC2)cc(C)c1Cl. The highest BCUT2D eigenvalue weighted by Gasteiger charge is 2.22. The first-order valence-corrected chi connectivity index (χ1v) is 14.2. The zero-order chi connectivity index (χ0) is 28.2. The van der Waals surface area contributed by atoms with Crippen LogP contribution in [0.3, 0.4) is 0 Å². The van der Waals surface area contributed by atoms with Gasteiger partial charge in [0.2, 0.25) is 0 Å². The molecule has 1 heterocycles. The number of non-ortho nitro benzene ring substituents is 1. The topological polar surface area (TPSA) is 122 Å². The molecule has 1 aliphatic heterocycles. The molecule has 1 aliphatic rings. The van der Waals surface area contributed by atoms with Crippen molar-refractivity contribution >= 4 is 38.9 Å². The Labute approximate surface area is 232 Å². The van der Waals surface area contributed by atoms with Gasteiger partial charge in [-0.15, -0.1) is 0 Å². The highest BCUT2D eigenvalue weighted by molar-refractivity contribution is 7.90. The van der Waals surface area contributed by atoms with E-state index in [1.54, 1.807) is 24.3 Å². The van der Waals surface area contributed by atoms with Gasteiger partial charge in [0.15, 0.2) is 0 Å². The number of nitrogens with one attached hydrogen (secondary N) is 1. The van der Waals surface area contributed by atoms with Crippen LogP contribution < -0.4 is 14.4 Å². The molecule has 0 bridgehead atoms. The zero-order valence-electron chi connectivity index (χ0n) is 21.6. The number of nitro benzene ring substituents is 1. The largest absolute Gasteiger partial charge is 0.492 e. The number of nitro groups is 1. The Bertz CT molecular complexity index is 1450. The van der Waals surface area contributed by atoms with Crippen molar-refractivity contribution in [1.29, 1.82) is 0 Å². The average molecular weight is 573 g/mol. The lowest BCUT2D eigenvalue weighted by molar-refractivity contribution is -0.385. The van der Waals surface area contributed by atoms with E-state index >= 15 is 0 Å². The van der Waals surface area contributed by atoms with Crippen LogP contribution in [0.15, 0.2) is 65.6 Å². The van der Waals surface area contributed by atoms with Crippen LogP contribution in [0.25, 0.3) is 0 Å². The number of amides is 1. The summed E-state index contributed by atoms with van der Waals surface area (Å²) in [6, 6.07) is 15.1. The molecule has 0 unspecified atom stereocenters. The maximum Gasteiger partial charge on any atom is 0.270 e. The van der Waals surface area contributed by atoms with E-state index in [0.717, 1.165) is 66.4 Å². The Morgan fingerprint density at radius 3 is 2.28 bits per heavy atom. The maximum atomic E-state index is 12.6. The predicted molar refractivity (Wildman–Crippen MR) is 149 cm³/mol. The lowest BCUT2D eigenvalue weighted by atomic mass is 10.1. The van der Waals surface area contributed by atoms with Crippen LogP contribution in [0.5, 0.6) is 5.75 Å². The number of halogens is 1. The molecule has 0 radical (unpaired) electrons. The molecule has 4 rings (SSSR count). The molecule has 0 atom stereocenters. The molecule has 1 N–H and O–H groups in total. The van der Waals surface area contributed by atoms with Crippen molar-refractivity contribution in [2.45, 2.75) is 18.7 Å². The fourth-order valence-corrected chi connectivity index (χ4v) is 5.46. The third kappa shape index (κ3) is 7.05. The molecular formula is C27H29ClN4O6S. The molecule has 3 aromatic rings. The third-order valence-corrected chi connectivity index (χ3v) is 8.44. The molecule has 1 saturated heterocycles. The second-order valence-electron chi connectivity index (χ2n) is 9.28. The van der Waals surface area contributed by atoms with Gasteiger partial charge in [-0.25, -0.2) is 13.1 Å². The summed E-state index contributed by atoms with van der Waals surface area (Å²) in [7, 11) is -4.27. The van der Waals surface area contributed by atoms with Crippen LogP contribution in [0, 0.1) is 24.0 Å². The number of piperazine rings is 1. The Balaban J connectivity index is 1.27. The van der Waals surface area contributed by atoms with Gasteiger partial charge in [0.25, 0.3) is 21.6 Å². The molecule has 0 aliphatic carbocycles. The third-order valence-electron chi connectivity index (χ3n) is 6.52. The quantitative estimate of drug-likeness (QED) is 0.299. The van der Waals surface area contributed by atoms with E-state index in [1.807, 2.05) is 30.7 Å². The van der Waals surface area contributed by atoms with E-state index in [2.05, 4.69) is 9.80 Å². The first kappa shape index (κ1) is 28.3. The standard InChI is InChI=1S/C27H29ClN4O6S/c1-19-16-24(17-20(2)26(19)28)38-15-14-30-10-12-31(13-11-30)22-8-6-21(7-9-22)27(33)29-39(36,37)25-5-3-4-23(18-25)32(34)35/h3-9,16-18H,10-15H2,1-2H3,(H,29,33). The van der Waals surface area contributed by atoms with Gasteiger partial charge >= 0.3 is 0 Å². The predicted octanol–water partition coefficient (Wildman–Crippen LogP) is 4.18. The summed E-state index contributed by atoms with van der Waals surface area (Å²) >= 11 is 6.22. The first-order chi connectivity index (χ1) is 18.5. The van der Waals surface area contributed by atoms with Crippen molar-refractivity contribution in [1.82, 2.24) is 9.62 Å². The lowest BCUT2D eigenvalue weighted by Crippen LogP contribution is -2.47. The molecule has 1 fully saturated rings. The summed E-state index contributed by atoms with van der Waals surface area (Å²) in [6.45, 7) is 8.59. The number of aryl methyl sites for hydroxylation is 2. The summed E-state index contributed by atoms with van der Waals surface area (Å²) in [5, 5.41) is 11.7. The van der Waals surface area contributed by atoms with Crippen LogP contribution >= 0.6 is 11.6 Å². The van der Waals surface area contributed by atoms with Crippen LogP contribution in [-0.4, -0.2) is 63.5 Å². The van der Waals surface area contributed by atoms with Gasteiger partial charge in [-0.05, 0) is 67.4 Å². The van der Waals surface area contributed by atoms with Gasteiger partial charge < -0.3 is 9.64 Å². The number of hydrogen-bond donors (Lipinski definition) is 1. The summed E-state index contributed by atoms with van der Waals surface area (Å²) in [4.78, 5) is 27.0. The highest BCUT2D eigenvalue weighted by atomic mass is 35.5. The van der Waals surface area contributed by atoms with Gasteiger partial charge in [-0.2, -0.15) is 0 Å². The summed E-state index contributed by atoms with van der Waals surface area (Å²) in [6.07, 6.45) is 0. The Morgan fingerprint density at radius 2 is 1.67 bits per heavy atom. The number of benzene rings is 3. The maximum absolute atomic E-state index is 12.6. The van der Waals surface area contributed by atoms with Gasteiger partial charge in [0, 0.05) is 61.1 Å². The van der Waals surface area contributed by atoms with Crippen molar-refractivity contribution in [2.75, 3.05) is 44.2 Å². The van der Waals surface area contributed by atoms with Crippen molar-refractivity contribution in [2.24, 2.45) is 0 Å². The van der Waals surface area contributed by atoms with E-state index < -0.39 is 20.9 Å². The van der Waals surface area contributed by atoms with Crippen molar-refractivity contribution in [3.8, 4) is 5.75 Å². The van der Waals surface area contributed by atoms with Gasteiger partial charge in [-0.3, -0.25) is 19.8 Å². The van der Waals surface area contributed by atoms with E-state index in [0.29, 0.717) is 6.61 Å². The van der Waals surface area contributed by atoms with Crippen LogP contribution in [0.1, 0.15) is 21.5 Å². The Kier molecular flexibility index (Phi) is 8.73. The molecular weight excluding hydrogens is 544 g/mol. The van der Waals surface area contributed by atoms with Crippen molar-refractivity contribution < 1.29 is 22.9 Å². The highest BCUT2D eigenvalue weighted by Crippen LogP contribution is 2.26.